The molecule has 0 aliphatic rings. The molecule has 0 saturated heterocycles. The van der Waals surface area contributed by atoms with Gasteiger partial charge < -0.3 is 9.84 Å². The number of hydrogen-bond donors (Lipinski definition) is 1. The first kappa shape index (κ1) is 11.8. The van der Waals surface area contributed by atoms with Crippen molar-refractivity contribution in [2.75, 3.05) is 6.54 Å². The van der Waals surface area contributed by atoms with Crippen molar-refractivity contribution in [1.29, 1.82) is 0 Å². The van der Waals surface area contributed by atoms with Crippen molar-refractivity contribution < 1.29 is 4.52 Å². The van der Waals surface area contributed by atoms with Gasteiger partial charge in [0, 0.05) is 19.0 Å². The molecule has 2 aromatic rings. The van der Waals surface area contributed by atoms with Crippen LogP contribution in [-0.2, 0) is 6.42 Å². The summed E-state index contributed by atoms with van der Waals surface area (Å²) in [5.41, 5.74) is 2.58. The van der Waals surface area contributed by atoms with E-state index in [9.17, 15) is 0 Å². The Labute approximate surface area is 101 Å². The van der Waals surface area contributed by atoms with Crippen molar-refractivity contribution in [1.82, 2.24) is 15.5 Å². The van der Waals surface area contributed by atoms with Crippen molar-refractivity contribution in [3.8, 4) is 0 Å². The smallest absolute Gasteiger partial charge is 0.213 e. The quantitative estimate of drug-likeness (QED) is 0.857. The van der Waals surface area contributed by atoms with Gasteiger partial charge in [0.1, 0.15) is 0 Å². The minimum absolute atomic E-state index is 0.336. The van der Waals surface area contributed by atoms with Crippen LogP contribution in [0.1, 0.15) is 29.9 Å². The van der Waals surface area contributed by atoms with Crippen LogP contribution >= 0.6 is 0 Å². The zero-order valence-corrected chi connectivity index (χ0v) is 10.2. The highest BCUT2D eigenvalue weighted by Crippen LogP contribution is 2.12. The molecule has 90 valence electrons. The van der Waals surface area contributed by atoms with Crippen molar-refractivity contribution in [2.45, 2.75) is 26.3 Å². The lowest BCUT2D eigenvalue weighted by molar-refractivity contribution is 0.408. The van der Waals surface area contributed by atoms with E-state index in [-0.39, 0.29) is 0 Å². The molecule has 1 aromatic heterocycles. The third kappa shape index (κ3) is 3.39. The van der Waals surface area contributed by atoms with E-state index in [1.54, 1.807) is 0 Å². The standard InChI is InChI=1S/C13H17N3O/c1-10-3-5-12(6-4-10)11(2)14-8-7-13-15-9-17-16-13/h3-6,9,11,14H,7-8H2,1-2H3. The third-order valence-corrected chi connectivity index (χ3v) is 2.78. The maximum atomic E-state index is 4.68. The van der Waals surface area contributed by atoms with E-state index in [4.69, 9.17) is 0 Å². The average Bonchev–Trinajstić information content (AvgIpc) is 2.83. The number of hydrogen-bond acceptors (Lipinski definition) is 4. The summed E-state index contributed by atoms with van der Waals surface area (Å²) in [5.74, 6) is 0.744. The van der Waals surface area contributed by atoms with Crippen LogP contribution < -0.4 is 5.32 Å². The molecule has 1 aromatic carbocycles. The summed E-state index contributed by atoms with van der Waals surface area (Å²) >= 11 is 0. The van der Waals surface area contributed by atoms with Gasteiger partial charge in [-0.3, -0.25) is 0 Å². The normalized spacial score (nSPS) is 12.6. The molecule has 0 saturated carbocycles. The van der Waals surface area contributed by atoms with E-state index in [1.165, 1.54) is 17.5 Å². The first-order chi connectivity index (χ1) is 8.25. The molecule has 1 N–H and O–H groups in total. The summed E-state index contributed by atoms with van der Waals surface area (Å²) in [6, 6.07) is 8.91. The largest absolute Gasteiger partial charge is 0.343 e. The lowest BCUT2D eigenvalue weighted by atomic mass is 10.1. The SMILES string of the molecule is Cc1ccc(C(C)NCCc2ncon2)cc1. The summed E-state index contributed by atoms with van der Waals surface area (Å²) in [4.78, 5) is 3.98. The highest BCUT2D eigenvalue weighted by molar-refractivity contribution is 5.23. The predicted octanol–water partition coefficient (Wildman–Crippen LogP) is 2.27. The second-order valence-corrected chi connectivity index (χ2v) is 4.18. The Bertz CT molecular complexity index is 436. The number of benzene rings is 1. The molecule has 0 aliphatic carbocycles. The van der Waals surface area contributed by atoms with Gasteiger partial charge in [-0.2, -0.15) is 4.98 Å². The molecule has 17 heavy (non-hydrogen) atoms. The molecule has 2 rings (SSSR count). The molecule has 0 aliphatic heterocycles. The number of rotatable bonds is 5. The average molecular weight is 231 g/mol. The topological polar surface area (TPSA) is 51.0 Å². The zero-order chi connectivity index (χ0) is 12.1. The third-order valence-electron chi connectivity index (χ3n) is 2.78. The second-order valence-electron chi connectivity index (χ2n) is 4.18. The summed E-state index contributed by atoms with van der Waals surface area (Å²) in [5, 5.41) is 7.21. The van der Waals surface area contributed by atoms with Crippen molar-refractivity contribution in [3.63, 3.8) is 0 Å². The van der Waals surface area contributed by atoms with Gasteiger partial charge in [-0.15, -0.1) is 0 Å². The molecule has 4 heteroatoms. The van der Waals surface area contributed by atoms with Crippen LogP contribution in [-0.4, -0.2) is 16.7 Å². The molecular weight excluding hydrogens is 214 g/mol. The Morgan fingerprint density at radius 3 is 2.71 bits per heavy atom. The van der Waals surface area contributed by atoms with E-state index in [0.29, 0.717) is 6.04 Å². The van der Waals surface area contributed by atoms with Gasteiger partial charge in [-0.25, -0.2) is 0 Å². The number of aromatic nitrogens is 2. The lowest BCUT2D eigenvalue weighted by Gasteiger charge is -2.13. The van der Waals surface area contributed by atoms with E-state index in [0.717, 1.165) is 18.8 Å². The predicted molar refractivity (Wildman–Crippen MR) is 65.6 cm³/mol. The van der Waals surface area contributed by atoms with Gasteiger partial charge in [-0.1, -0.05) is 35.0 Å². The molecule has 0 bridgehead atoms. The molecule has 1 unspecified atom stereocenters. The molecule has 0 amide bonds. The van der Waals surface area contributed by atoms with E-state index >= 15 is 0 Å². The Morgan fingerprint density at radius 1 is 1.29 bits per heavy atom. The van der Waals surface area contributed by atoms with Crippen LogP contribution in [0.2, 0.25) is 0 Å². The number of nitrogens with one attached hydrogen (secondary N) is 1. The van der Waals surface area contributed by atoms with Gasteiger partial charge in [0.05, 0.1) is 0 Å². The summed E-state index contributed by atoms with van der Waals surface area (Å²) in [7, 11) is 0. The van der Waals surface area contributed by atoms with Gasteiger partial charge >= 0.3 is 0 Å². The maximum Gasteiger partial charge on any atom is 0.213 e. The summed E-state index contributed by atoms with van der Waals surface area (Å²) < 4.78 is 4.68. The molecule has 0 spiro atoms. The molecule has 4 nitrogen and oxygen atoms in total. The van der Waals surface area contributed by atoms with Crippen LogP contribution in [0, 0.1) is 6.92 Å². The highest BCUT2D eigenvalue weighted by Gasteiger charge is 2.05. The van der Waals surface area contributed by atoms with Crippen molar-refractivity contribution >= 4 is 0 Å². The van der Waals surface area contributed by atoms with Gasteiger partial charge in [0.15, 0.2) is 5.82 Å². The molecule has 1 atom stereocenters. The lowest BCUT2D eigenvalue weighted by Crippen LogP contribution is -2.21. The Morgan fingerprint density at radius 2 is 2.06 bits per heavy atom. The van der Waals surface area contributed by atoms with Crippen molar-refractivity contribution in [3.05, 3.63) is 47.6 Å². The minimum Gasteiger partial charge on any atom is -0.343 e. The van der Waals surface area contributed by atoms with E-state index in [2.05, 4.69) is 58.1 Å². The maximum absolute atomic E-state index is 4.68. The first-order valence-corrected chi connectivity index (χ1v) is 5.81. The zero-order valence-electron chi connectivity index (χ0n) is 10.2. The van der Waals surface area contributed by atoms with Crippen LogP contribution in [0.25, 0.3) is 0 Å². The fraction of sp³-hybridized carbons (Fsp3) is 0.385. The first-order valence-electron chi connectivity index (χ1n) is 5.81. The van der Waals surface area contributed by atoms with Gasteiger partial charge in [0.25, 0.3) is 0 Å². The molecule has 0 fully saturated rings. The summed E-state index contributed by atoms with van der Waals surface area (Å²) in [6.45, 7) is 5.09. The highest BCUT2D eigenvalue weighted by atomic mass is 16.5. The molecular formula is C13H17N3O. The van der Waals surface area contributed by atoms with E-state index < -0.39 is 0 Å². The van der Waals surface area contributed by atoms with Crippen LogP contribution in [0.5, 0.6) is 0 Å². The van der Waals surface area contributed by atoms with Crippen LogP contribution in [0.15, 0.2) is 35.2 Å². The summed E-state index contributed by atoms with van der Waals surface area (Å²) in [6.07, 6.45) is 2.14. The Balaban J connectivity index is 1.81. The molecule has 1 heterocycles. The van der Waals surface area contributed by atoms with Gasteiger partial charge in [0.2, 0.25) is 6.39 Å². The van der Waals surface area contributed by atoms with E-state index in [1.807, 2.05) is 0 Å². The fourth-order valence-corrected chi connectivity index (χ4v) is 1.68. The van der Waals surface area contributed by atoms with Crippen LogP contribution in [0.4, 0.5) is 0 Å². The molecule has 0 radical (unpaired) electrons. The monoisotopic (exact) mass is 231 g/mol. The van der Waals surface area contributed by atoms with Crippen LogP contribution in [0.3, 0.4) is 0 Å². The van der Waals surface area contributed by atoms with Crippen molar-refractivity contribution in [2.24, 2.45) is 0 Å². The Hall–Kier alpha value is -1.68. The number of nitrogens with zero attached hydrogens (tertiary/aromatic N) is 2. The fourth-order valence-electron chi connectivity index (χ4n) is 1.68. The van der Waals surface area contributed by atoms with Gasteiger partial charge in [-0.05, 0) is 19.4 Å². The number of aryl methyl sites for hydroxylation is 1. The minimum atomic E-state index is 0.336. The second kappa shape index (κ2) is 5.59. The Kier molecular flexibility index (Phi) is 3.88.